The Morgan fingerprint density at radius 3 is 2.00 bits per heavy atom. The second kappa shape index (κ2) is 5.05. The molecule has 0 aliphatic heterocycles. The van der Waals surface area contributed by atoms with E-state index in [1.165, 1.54) is 6.42 Å². The minimum atomic E-state index is 0.915. The maximum absolute atomic E-state index is 2.24. The number of hydrogen-bond donors (Lipinski definition) is 0. The summed E-state index contributed by atoms with van der Waals surface area (Å²) in [6.07, 6.45) is 1.42. The first-order valence-corrected chi connectivity index (χ1v) is 6.35. The van der Waals surface area contributed by atoms with Gasteiger partial charge in [0, 0.05) is 0 Å². The zero-order chi connectivity index (χ0) is 3.41. The third-order valence-corrected chi connectivity index (χ3v) is 3.64. The molecule has 0 heterocycles. The summed E-state index contributed by atoms with van der Waals surface area (Å²) in [4.78, 5) is 0. The summed E-state index contributed by atoms with van der Waals surface area (Å²) >= 11 is 0.915. The Kier molecular flexibility index (Phi) is 7.64. The van der Waals surface area contributed by atoms with Crippen LogP contribution in [0.5, 0.6) is 0 Å². The minimum absolute atomic E-state index is 0.915. The molecule has 0 aromatic heterocycles. The van der Waals surface area contributed by atoms with Crippen molar-refractivity contribution in [3.8, 4) is 0 Å². The average Bonchev–Trinajstić information content (AvgIpc) is 1.37. The van der Waals surface area contributed by atoms with Crippen LogP contribution in [0.1, 0.15) is 13.3 Å². The fourth-order valence-electron chi connectivity index (χ4n) is 0. The molecule has 0 saturated heterocycles. The first-order chi connectivity index (χ1) is 1.91. The van der Waals surface area contributed by atoms with Gasteiger partial charge in [0.2, 0.25) is 0 Å². The van der Waals surface area contributed by atoms with E-state index >= 15 is 0 Å². The monoisotopic (exact) mass is 176 g/mol. The average molecular weight is 176 g/mol. The van der Waals surface area contributed by atoms with Gasteiger partial charge in [-0.25, -0.2) is 0 Å². The molecule has 0 saturated carbocycles. The van der Waals surface area contributed by atoms with Crippen molar-refractivity contribution < 1.29 is 0 Å². The van der Waals surface area contributed by atoms with Gasteiger partial charge in [0.1, 0.15) is 0 Å². The first-order valence-electron chi connectivity index (χ1n) is 1.91. The van der Waals surface area contributed by atoms with Crippen molar-refractivity contribution in [2.24, 2.45) is 0 Å². The van der Waals surface area contributed by atoms with Gasteiger partial charge in [0.15, 0.2) is 0 Å². The van der Waals surface area contributed by atoms with E-state index in [1.807, 2.05) is 0 Å². The maximum atomic E-state index is 2.24. The van der Waals surface area contributed by atoms with E-state index in [1.54, 1.807) is -2.15 Å². The van der Waals surface area contributed by atoms with E-state index in [2.05, 4.69) is 6.92 Å². The fraction of sp³-hybridized carbons (Fsp3) is 1.00. The van der Waals surface area contributed by atoms with Crippen LogP contribution in [0.15, 0.2) is 0 Å². The molecule has 0 aliphatic rings. The second-order valence-electron chi connectivity index (χ2n) is 1.000. The van der Waals surface area contributed by atoms with E-state index in [-0.39, 0.29) is 0 Å². The van der Waals surface area contributed by atoms with Gasteiger partial charge in [-0.3, -0.25) is 0 Å². The van der Waals surface area contributed by atoms with Gasteiger partial charge >= 0.3 is 77.1 Å². The predicted octanol–water partition coefficient (Wildman–Crippen LogP) is 0.983. The Bertz CT molecular complexity index is 5.25. The third-order valence-electron chi connectivity index (χ3n) is 0.500. The van der Waals surface area contributed by atoms with Crippen molar-refractivity contribution in [3.63, 3.8) is 0 Å². The Hall–Kier alpha value is 2.05. The van der Waals surface area contributed by atoms with Gasteiger partial charge in [-0.05, 0) is 0 Å². The second-order valence-corrected chi connectivity index (χ2v) is 4.14. The summed E-state index contributed by atoms with van der Waals surface area (Å²) < 4.78 is 1.54. The van der Waals surface area contributed by atoms with E-state index in [9.17, 15) is 0 Å². The molecule has 0 fully saturated rings. The molecule has 1 heteroatoms. The SMILES string of the molecule is CC[CH2][Cs]. The molecule has 4 heavy (non-hydrogen) atoms. The molecule has 0 bridgehead atoms. The van der Waals surface area contributed by atoms with Crippen molar-refractivity contribution in [1.82, 2.24) is 0 Å². The Morgan fingerprint density at radius 2 is 2.00 bits per heavy atom. The molecule has 0 radical (unpaired) electrons. The van der Waals surface area contributed by atoms with Gasteiger partial charge in [-0.15, -0.1) is 0 Å². The van der Waals surface area contributed by atoms with E-state index in [0.717, 1.165) is 65.9 Å². The molecule has 0 N–H and O–H groups in total. The summed E-state index contributed by atoms with van der Waals surface area (Å²) in [5.41, 5.74) is 0. The summed E-state index contributed by atoms with van der Waals surface area (Å²) in [5.74, 6) is 0. The fourth-order valence-corrected chi connectivity index (χ4v) is 0. The Morgan fingerprint density at radius 1 is 1.75 bits per heavy atom. The summed E-state index contributed by atoms with van der Waals surface area (Å²) in [6, 6.07) is 0. The molecular weight excluding hydrogens is 169 g/mol. The molecular formula is C3H7Cs. The quantitative estimate of drug-likeness (QED) is 0.558. The third kappa shape index (κ3) is 4.05. The van der Waals surface area contributed by atoms with Gasteiger partial charge in [-0.1, -0.05) is 0 Å². The van der Waals surface area contributed by atoms with E-state index in [0.29, 0.717) is 0 Å². The summed E-state index contributed by atoms with van der Waals surface area (Å²) in [5, 5.41) is 0. The van der Waals surface area contributed by atoms with Gasteiger partial charge in [0.05, 0.1) is 0 Å². The van der Waals surface area contributed by atoms with Crippen LogP contribution in [-0.2, 0) is 0 Å². The van der Waals surface area contributed by atoms with Crippen molar-refractivity contribution in [3.05, 3.63) is 0 Å². The summed E-state index contributed by atoms with van der Waals surface area (Å²) in [6.45, 7) is 2.24. The van der Waals surface area contributed by atoms with Crippen molar-refractivity contribution in [2.45, 2.75) is 11.2 Å². The molecule has 0 aromatic carbocycles. The zero-order valence-corrected chi connectivity index (χ0v) is 9.69. The molecule has 0 spiro atoms. The van der Waals surface area contributed by atoms with Crippen molar-refractivity contribution in [2.75, 3.05) is 0 Å². The normalized spacial score (nSPS) is 7.75. The molecule has 0 rings (SSSR count). The van der Waals surface area contributed by atoms with Crippen LogP contribution in [0.2, 0.25) is -2.15 Å². The molecule has 0 aromatic rings. The van der Waals surface area contributed by atoms with Crippen LogP contribution in [0.25, 0.3) is 0 Å². The predicted molar refractivity (Wildman–Crippen MR) is 20.9 cm³/mol. The van der Waals surface area contributed by atoms with Gasteiger partial charge in [0.25, 0.3) is 0 Å². The topological polar surface area (TPSA) is 0 Å². The van der Waals surface area contributed by atoms with Crippen LogP contribution in [0.3, 0.4) is 0 Å². The number of rotatable bonds is 1. The standard InChI is InChI=1S/C3H7.Cs/c1-3-2;/h1,3H2,2H3;. The molecule has 20 valence electrons. The molecule has 0 amide bonds. The van der Waals surface area contributed by atoms with Crippen LogP contribution in [-0.4, -0.2) is 65.9 Å². The summed E-state index contributed by atoms with van der Waals surface area (Å²) in [7, 11) is 0. The van der Waals surface area contributed by atoms with Crippen LogP contribution >= 0.6 is 0 Å². The van der Waals surface area contributed by atoms with Crippen LogP contribution in [0, 0.1) is 0 Å². The molecule has 0 nitrogen and oxygen atoms in total. The van der Waals surface area contributed by atoms with Crippen LogP contribution < -0.4 is 0 Å². The molecule has 0 aliphatic carbocycles. The van der Waals surface area contributed by atoms with Gasteiger partial charge in [-0.2, -0.15) is 0 Å². The van der Waals surface area contributed by atoms with E-state index < -0.39 is 0 Å². The zero-order valence-electron chi connectivity index (χ0n) is 3.41. The number of hydrogen-bond acceptors (Lipinski definition) is 0. The first kappa shape index (κ1) is 6.05. The Balaban J connectivity index is 1.97. The van der Waals surface area contributed by atoms with E-state index in [4.69, 9.17) is 0 Å². The van der Waals surface area contributed by atoms with Gasteiger partial charge < -0.3 is 0 Å². The van der Waals surface area contributed by atoms with Crippen LogP contribution in [0.4, 0.5) is 0 Å². The molecule has 0 unspecified atom stereocenters. The molecule has 0 atom stereocenters. The van der Waals surface area contributed by atoms with Crippen molar-refractivity contribution >= 4 is 65.9 Å². The van der Waals surface area contributed by atoms with Crippen molar-refractivity contribution in [1.29, 1.82) is 0 Å². The Labute approximate surface area is 74.7 Å².